The lowest BCUT2D eigenvalue weighted by Gasteiger charge is -2.34. The molecule has 0 aromatic carbocycles. The number of likely N-dealkylation sites (tertiary alicyclic amines) is 1. The Kier molecular flexibility index (Phi) is 2.88. The van der Waals surface area contributed by atoms with Crippen molar-refractivity contribution >= 4 is 0 Å². The van der Waals surface area contributed by atoms with Crippen LogP contribution in [0.3, 0.4) is 0 Å². The lowest BCUT2D eigenvalue weighted by molar-refractivity contribution is 0.156. The summed E-state index contributed by atoms with van der Waals surface area (Å²) in [7, 11) is 0. The molecule has 2 saturated heterocycles. The summed E-state index contributed by atoms with van der Waals surface area (Å²) in [6, 6.07) is 0.794. The summed E-state index contributed by atoms with van der Waals surface area (Å²) in [5, 5.41) is 7.73. The zero-order valence-corrected chi connectivity index (χ0v) is 9.55. The van der Waals surface area contributed by atoms with Gasteiger partial charge in [0.15, 0.2) is 0 Å². The molecule has 16 heavy (non-hydrogen) atoms. The van der Waals surface area contributed by atoms with Crippen LogP contribution in [0, 0.1) is 5.92 Å². The quantitative estimate of drug-likeness (QED) is 0.778. The first-order valence-electron chi connectivity index (χ1n) is 6.20. The van der Waals surface area contributed by atoms with Crippen LogP contribution < -0.4 is 5.32 Å². The summed E-state index contributed by atoms with van der Waals surface area (Å²) in [5.74, 6) is 0.879. The summed E-state index contributed by atoms with van der Waals surface area (Å²) >= 11 is 0. The molecule has 0 amide bonds. The molecule has 2 aliphatic rings. The Morgan fingerprint density at radius 1 is 1.31 bits per heavy atom. The van der Waals surface area contributed by atoms with E-state index >= 15 is 0 Å². The Bertz CT molecular complexity index is 323. The van der Waals surface area contributed by atoms with Crippen LogP contribution in [0.15, 0.2) is 12.7 Å². The van der Waals surface area contributed by atoms with Crippen molar-refractivity contribution in [3.8, 4) is 0 Å². The van der Waals surface area contributed by atoms with Gasteiger partial charge in [0, 0.05) is 19.1 Å². The average molecular weight is 221 g/mol. The molecule has 0 bridgehead atoms. The molecule has 0 radical (unpaired) electrons. The van der Waals surface area contributed by atoms with E-state index in [1.165, 1.54) is 32.5 Å². The molecule has 5 heteroatoms. The molecule has 1 aromatic heterocycles. The van der Waals surface area contributed by atoms with Gasteiger partial charge in [0.2, 0.25) is 0 Å². The third-order valence-electron chi connectivity index (χ3n) is 3.85. The third-order valence-corrected chi connectivity index (χ3v) is 3.85. The van der Waals surface area contributed by atoms with Gasteiger partial charge in [0.05, 0.1) is 6.54 Å². The number of fused-ring (bicyclic) bond motifs is 1. The number of nitrogens with zero attached hydrogens (tertiary/aromatic N) is 4. The van der Waals surface area contributed by atoms with Gasteiger partial charge >= 0.3 is 0 Å². The molecule has 0 aliphatic carbocycles. The lowest BCUT2D eigenvalue weighted by Crippen LogP contribution is -2.45. The summed E-state index contributed by atoms with van der Waals surface area (Å²) in [4.78, 5) is 6.53. The van der Waals surface area contributed by atoms with Crippen LogP contribution in [0.1, 0.15) is 12.8 Å². The maximum Gasteiger partial charge on any atom is 0.137 e. The Labute approximate surface area is 95.8 Å². The van der Waals surface area contributed by atoms with E-state index in [0.29, 0.717) is 0 Å². The first-order valence-corrected chi connectivity index (χ1v) is 6.20. The highest BCUT2D eigenvalue weighted by molar-refractivity contribution is 4.90. The summed E-state index contributed by atoms with van der Waals surface area (Å²) < 4.78 is 1.92. The standard InChI is InChI=1S/C11H19N5/c1-3-13-11-2-4-15(7-10(1)11)5-6-16-9-12-8-14-16/h8-11,13H,1-7H2. The van der Waals surface area contributed by atoms with E-state index in [1.807, 2.05) is 4.68 Å². The Hall–Kier alpha value is -0.940. The second-order valence-electron chi connectivity index (χ2n) is 4.86. The minimum Gasteiger partial charge on any atom is -0.314 e. The van der Waals surface area contributed by atoms with Gasteiger partial charge in [-0.05, 0) is 31.8 Å². The van der Waals surface area contributed by atoms with Crippen LogP contribution in [-0.4, -0.2) is 51.9 Å². The minimum atomic E-state index is 0.794. The Morgan fingerprint density at radius 2 is 2.31 bits per heavy atom. The number of aromatic nitrogens is 3. The largest absolute Gasteiger partial charge is 0.314 e. The van der Waals surface area contributed by atoms with Gasteiger partial charge in [-0.25, -0.2) is 4.98 Å². The second-order valence-corrected chi connectivity index (χ2v) is 4.86. The predicted molar refractivity (Wildman–Crippen MR) is 61.0 cm³/mol. The van der Waals surface area contributed by atoms with Crippen LogP contribution in [0.5, 0.6) is 0 Å². The molecule has 3 heterocycles. The number of hydrogen-bond acceptors (Lipinski definition) is 4. The molecule has 2 fully saturated rings. The summed E-state index contributed by atoms with van der Waals surface area (Å²) in [6.45, 7) is 5.76. The van der Waals surface area contributed by atoms with Crippen molar-refractivity contribution in [1.82, 2.24) is 25.0 Å². The summed E-state index contributed by atoms with van der Waals surface area (Å²) in [5.41, 5.74) is 0. The molecular weight excluding hydrogens is 202 g/mol. The van der Waals surface area contributed by atoms with Crippen molar-refractivity contribution in [1.29, 1.82) is 0 Å². The molecule has 2 atom stereocenters. The number of hydrogen-bond donors (Lipinski definition) is 1. The maximum absolute atomic E-state index is 4.13. The molecule has 1 N–H and O–H groups in total. The SMILES string of the molecule is c1ncn(CCN2CCC3NCCC3C2)n1. The Morgan fingerprint density at radius 3 is 3.19 bits per heavy atom. The van der Waals surface area contributed by atoms with Gasteiger partial charge in [0.25, 0.3) is 0 Å². The number of rotatable bonds is 3. The van der Waals surface area contributed by atoms with Crippen molar-refractivity contribution in [2.45, 2.75) is 25.4 Å². The van der Waals surface area contributed by atoms with E-state index in [9.17, 15) is 0 Å². The first-order chi connectivity index (χ1) is 7.92. The van der Waals surface area contributed by atoms with Gasteiger partial charge in [0.1, 0.15) is 12.7 Å². The minimum absolute atomic E-state index is 0.794. The van der Waals surface area contributed by atoms with Gasteiger partial charge in [-0.15, -0.1) is 0 Å². The van der Waals surface area contributed by atoms with E-state index in [1.54, 1.807) is 12.7 Å². The van der Waals surface area contributed by atoms with E-state index in [4.69, 9.17) is 0 Å². The molecule has 1 aromatic rings. The molecule has 2 unspecified atom stereocenters. The van der Waals surface area contributed by atoms with Crippen molar-refractivity contribution in [2.24, 2.45) is 5.92 Å². The fraction of sp³-hybridized carbons (Fsp3) is 0.818. The van der Waals surface area contributed by atoms with Crippen LogP contribution in [0.2, 0.25) is 0 Å². The van der Waals surface area contributed by atoms with Crippen LogP contribution >= 0.6 is 0 Å². The smallest absolute Gasteiger partial charge is 0.137 e. The zero-order chi connectivity index (χ0) is 10.8. The zero-order valence-electron chi connectivity index (χ0n) is 9.55. The van der Waals surface area contributed by atoms with Gasteiger partial charge in [-0.1, -0.05) is 0 Å². The monoisotopic (exact) mass is 221 g/mol. The fourth-order valence-electron chi connectivity index (χ4n) is 2.92. The molecular formula is C11H19N5. The highest BCUT2D eigenvalue weighted by atomic mass is 15.3. The number of piperidine rings is 1. The average Bonchev–Trinajstić information content (AvgIpc) is 2.97. The van der Waals surface area contributed by atoms with Crippen LogP contribution in [-0.2, 0) is 6.54 Å². The molecule has 0 spiro atoms. The van der Waals surface area contributed by atoms with Crippen LogP contribution in [0.4, 0.5) is 0 Å². The topological polar surface area (TPSA) is 46.0 Å². The van der Waals surface area contributed by atoms with Gasteiger partial charge in [-0.2, -0.15) is 5.10 Å². The summed E-state index contributed by atoms with van der Waals surface area (Å²) in [6.07, 6.45) is 6.06. The van der Waals surface area contributed by atoms with Crippen molar-refractivity contribution < 1.29 is 0 Å². The van der Waals surface area contributed by atoms with E-state index < -0.39 is 0 Å². The molecule has 88 valence electrons. The molecule has 3 rings (SSSR count). The molecule has 0 saturated carbocycles. The van der Waals surface area contributed by atoms with Crippen molar-refractivity contribution in [3.05, 3.63) is 12.7 Å². The van der Waals surface area contributed by atoms with Gasteiger partial charge < -0.3 is 10.2 Å². The van der Waals surface area contributed by atoms with E-state index in [-0.39, 0.29) is 0 Å². The first kappa shape index (κ1) is 10.2. The van der Waals surface area contributed by atoms with Crippen molar-refractivity contribution in [2.75, 3.05) is 26.2 Å². The molecule has 5 nitrogen and oxygen atoms in total. The normalized spacial score (nSPS) is 30.5. The Balaban J connectivity index is 1.49. The highest BCUT2D eigenvalue weighted by Gasteiger charge is 2.32. The van der Waals surface area contributed by atoms with E-state index in [0.717, 1.165) is 25.0 Å². The van der Waals surface area contributed by atoms with Gasteiger partial charge in [-0.3, -0.25) is 4.68 Å². The second kappa shape index (κ2) is 4.51. The van der Waals surface area contributed by atoms with Crippen molar-refractivity contribution in [3.63, 3.8) is 0 Å². The number of nitrogens with one attached hydrogen (secondary N) is 1. The fourth-order valence-corrected chi connectivity index (χ4v) is 2.92. The highest BCUT2D eigenvalue weighted by Crippen LogP contribution is 2.24. The predicted octanol–water partition coefficient (Wildman–Crippen LogP) is -0.0381. The van der Waals surface area contributed by atoms with Crippen LogP contribution in [0.25, 0.3) is 0 Å². The lowest BCUT2D eigenvalue weighted by atomic mass is 9.93. The maximum atomic E-state index is 4.13. The van der Waals surface area contributed by atoms with E-state index in [2.05, 4.69) is 20.3 Å². The molecule has 2 aliphatic heterocycles. The third kappa shape index (κ3) is 2.10.